The van der Waals surface area contributed by atoms with Crippen molar-refractivity contribution in [1.82, 2.24) is 23.0 Å². The lowest BCUT2D eigenvalue weighted by Gasteiger charge is -2.27. The first-order valence-corrected chi connectivity index (χ1v) is 14.8. The number of aryl methyl sites for hydroxylation is 2. The van der Waals surface area contributed by atoms with Crippen molar-refractivity contribution >= 4 is 33.3 Å². The molecule has 0 amide bonds. The molecule has 11 nitrogen and oxygen atoms in total. The molecule has 0 bridgehead atoms. The minimum absolute atomic E-state index is 0.102. The first-order chi connectivity index (χ1) is 18.7. The Bertz CT molecular complexity index is 1610. The van der Waals surface area contributed by atoms with Crippen LogP contribution in [0.4, 0.5) is 0 Å². The zero-order chi connectivity index (χ0) is 28.3. The van der Waals surface area contributed by atoms with E-state index in [-0.39, 0.29) is 10.6 Å². The maximum atomic E-state index is 13.7. The van der Waals surface area contributed by atoms with Crippen molar-refractivity contribution in [3.8, 4) is 11.5 Å². The van der Waals surface area contributed by atoms with Crippen molar-refractivity contribution in [2.45, 2.75) is 63.9 Å². The molecule has 4 rings (SSSR count). The van der Waals surface area contributed by atoms with E-state index in [1.165, 1.54) is 33.7 Å². The highest BCUT2D eigenvalue weighted by molar-refractivity contribution is 7.89. The number of rotatable bonds is 10. The zero-order valence-electron chi connectivity index (χ0n) is 23.3. The standard InChI is InChI=1S/C27H37N5O6S/c1-6-13-31-25-24(26(33)32(14-7-2)27(31)34)29(3)23(28-25)12-11-19-17-20(37-4)21(38-5)18-22(19)39(35,36)30-15-9-8-10-16-30/h11-12,17-18H,6-10,13-16H2,1-5H3/b12-11+. The van der Waals surface area contributed by atoms with Crippen molar-refractivity contribution in [2.75, 3.05) is 27.3 Å². The van der Waals surface area contributed by atoms with E-state index < -0.39 is 15.6 Å². The molecule has 0 aliphatic carbocycles. The van der Waals surface area contributed by atoms with Gasteiger partial charge in [0.2, 0.25) is 10.0 Å². The predicted molar refractivity (Wildman–Crippen MR) is 151 cm³/mol. The van der Waals surface area contributed by atoms with Crippen LogP contribution >= 0.6 is 0 Å². The molecule has 0 spiro atoms. The Labute approximate surface area is 228 Å². The largest absolute Gasteiger partial charge is 0.493 e. The van der Waals surface area contributed by atoms with Crippen molar-refractivity contribution < 1.29 is 17.9 Å². The fraction of sp³-hybridized carbons (Fsp3) is 0.519. The molecular formula is C27H37N5O6S. The van der Waals surface area contributed by atoms with Gasteiger partial charge >= 0.3 is 5.69 Å². The third-order valence-electron chi connectivity index (χ3n) is 7.03. The van der Waals surface area contributed by atoms with E-state index in [1.807, 2.05) is 13.8 Å². The summed E-state index contributed by atoms with van der Waals surface area (Å²) in [5.74, 6) is 1.11. The fourth-order valence-corrected chi connectivity index (χ4v) is 6.71. The van der Waals surface area contributed by atoms with E-state index in [4.69, 9.17) is 9.47 Å². The van der Waals surface area contributed by atoms with Crippen LogP contribution in [0.3, 0.4) is 0 Å². The van der Waals surface area contributed by atoms with E-state index in [2.05, 4.69) is 4.98 Å². The number of benzene rings is 1. The summed E-state index contributed by atoms with van der Waals surface area (Å²) in [4.78, 5) is 31.1. The molecule has 1 saturated heterocycles. The van der Waals surface area contributed by atoms with Gasteiger partial charge in [0.15, 0.2) is 22.7 Å². The summed E-state index contributed by atoms with van der Waals surface area (Å²) in [5, 5.41) is 0. The first kappa shape index (κ1) is 28.6. The number of hydrogen-bond donors (Lipinski definition) is 0. The van der Waals surface area contributed by atoms with Crippen LogP contribution in [-0.4, -0.2) is 58.7 Å². The average molecular weight is 560 g/mol. The van der Waals surface area contributed by atoms with E-state index in [9.17, 15) is 18.0 Å². The number of fused-ring (bicyclic) bond motifs is 1. The number of imidazole rings is 1. The fourth-order valence-electron chi connectivity index (χ4n) is 5.01. The highest BCUT2D eigenvalue weighted by Crippen LogP contribution is 2.35. The minimum atomic E-state index is -3.81. The topological polar surface area (TPSA) is 118 Å². The van der Waals surface area contributed by atoms with Crippen molar-refractivity contribution in [3.63, 3.8) is 0 Å². The average Bonchev–Trinajstić information content (AvgIpc) is 3.27. The number of sulfonamides is 1. The molecule has 212 valence electrons. The Morgan fingerprint density at radius 2 is 1.54 bits per heavy atom. The number of aromatic nitrogens is 4. The summed E-state index contributed by atoms with van der Waals surface area (Å²) in [7, 11) is 0.862. The lowest BCUT2D eigenvalue weighted by molar-refractivity contribution is 0.343. The molecule has 0 radical (unpaired) electrons. The Morgan fingerprint density at radius 1 is 0.923 bits per heavy atom. The molecule has 3 aromatic rings. The second kappa shape index (κ2) is 11.8. The summed E-state index contributed by atoms with van der Waals surface area (Å²) in [5.41, 5.74) is 0.275. The van der Waals surface area contributed by atoms with Crippen LogP contribution < -0.4 is 20.7 Å². The number of hydrogen-bond acceptors (Lipinski definition) is 7. The molecule has 1 aromatic carbocycles. The first-order valence-electron chi connectivity index (χ1n) is 13.3. The second-order valence-electron chi connectivity index (χ2n) is 9.64. The second-order valence-corrected chi connectivity index (χ2v) is 11.5. The quantitative estimate of drug-likeness (QED) is 0.375. The maximum absolute atomic E-state index is 13.7. The van der Waals surface area contributed by atoms with E-state index >= 15 is 0 Å². The molecule has 1 fully saturated rings. The van der Waals surface area contributed by atoms with E-state index in [0.29, 0.717) is 73.1 Å². The smallest absolute Gasteiger partial charge is 0.332 e. The normalized spacial score (nSPS) is 14.9. The van der Waals surface area contributed by atoms with Crippen LogP contribution in [0.25, 0.3) is 23.3 Å². The summed E-state index contributed by atoms with van der Waals surface area (Å²) in [6, 6.07) is 3.11. The Hall–Kier alpha value is -3.38. The summed E-state index contributed by atoms with van der Waals surface area (Å²) >= 11 is 0. The summed E-state index contributed by atoms with van der Waals surface area (Å²) in [6.07, 6.45) is 7.27. The van der Waals surface area contributed by atoms with Gasteiger partial charge in [-0.25, -0.2) is 18.2 Å². The van der Waals surface area contributed by atoms with Gasteiger partial charge in [0.05, 0.1) is 19.1 Å². The van der Waals surface area contributed by atoms with Gasteiger partial charge in [-0.3, -0.25) is 13.9 Å². The van der Waals surface area contributed by atoms with Crippen molar-refractivity contribution in [3.05, 3.63) is 44.4 Å². The highest BCUT2D eigenvalue weighted by atomic mass is 32.2. The van der Waals surface area contributed by atoms with Gasteiger partial charge in [-0.2, -0.15) is 4.31 Å². The molecule has 0 saturated carbocycles. The molecular weight excluding hydrogens is 522 g/mol. The molecule has 1 aliphatic heterocycles. The van der Waals surface area contributed by atoms with E-state index in [0.717, 1.165) is 19.3 Å². The number of ether oxygens (including phenoxy) is 2. The van der Waals surface area contributed by atoms with Crippen LogP contribution in [0.2, 0.25) is 0 Å². The van der Waals surface area contributed by atoms with Crippen LogP contribution in [-0.2, 0) is 30.2 Å². The van der Waals surface area contributed by atoms with Crippen LogP contribution in [0.15, 0.2) is 26.6 Å². The van der Waals surface area contributed by atoms with Gasteiger partial charge in [0.25, 0.3) is 5.56 Å². The zero-order valence-corrected chi connectivity index (χ0v) is 24.1. The van der Waals surface area contributed by atoms with Crippen LogP contribution in [0.1, 0.15) is 57.3 Å². The molecule has 39 heavy (non-hydrogen) atoms. The highest BCUT2D eigenvalue weighted by Gasteiger charge is 2.29. The molecule has 12 heteroatoms. The van der Waals surface area contributed by atoms with Gasteiger partial charge in [-0.15, -0.1) is 0 Å². The Morgan fingerprint density at radius 3 is 2.15 bits per heavy atom. The lowest BCUT2D eigenvalue weighted by atomic mass is 10.2. The Balaban J connectivity index is 1.89. The van der Waals surface area contributed by atoms with Gasteiger partial charge in [-0.05, 0) is 49.5 Å². The number of methoxy groups -OCH3 is 2. The van der Waals surface area contributed by atoms with E-state index in [1.54, 1.807) is 29.8 Å². The maximum Gasteiger partial charge on any atom is 0.332 e. The SMILES string of the molecule is CCCn1c(=O)c2c(nc(/C=C/c3cc(OC)c(OC)cc3S(=O)(=O)N3CCCCC3)n2C)n(CCC)c1=O. The molecule has 0 unspecified atom stereocenters. The third kappa shape index (κ3) is 5.27. The van der Waals surface area contributed by atoms with Gasteiger partial charge < -0.3 is 14.0 Å². The van der Waals surface area contributed by atoms with Gasteiger partial charge in [0, 0.05) is 39.3 Å². The van der Waals surface area contributed by atoms with Crippen LogP contribution in [0, 0.1) is 0 Å². The summed E-state index contributed by atoms with van der Waals surface area (Å²) < 4.78 is 44.2. The lowest BCUT2D eigenvalue weighted by Crippen LogP contribution is -2.40. The number of nitrogens with zero attached hydrogens (tertiary/aromatic N) is 5. The molecule has 3 heterocycles. The van der Waals surface area contributed by atoms with Gasteiger partial charge in [-0.1, -0.05) is 20.3 Å². The Kier molecular flexibility index (Phi) is 8.65. The number of piperidine rings is 1. The molecule has 0 atom stereocenters. The third-order valence-corrected chi connectivity index (χ3v) is 8.99. The van der Waals surface area contributed by atoms with Gasteiger partial charge in [0.1, 0.15) is 5.82 Å². The molecule has 2 aromatic heterocycles. The van der Waals surface area contributed by atoms with Crippen molar-refractivity contribution in [2.24, 2.45) is 7.05 Å². The van der Waals surface area contributed by atoms with Crippen molar-refractivity contribution in [1.29, 1.82) is 0 Å². The molecule has 0 N–H and O–H groups in total. The van der Waals surface area contributed by atoms with Crippen LogP contribution in [0.5, 0.6) is 11.5 Å². The monoisotopic (exact) mass is 559 g/mol. The minimum Gasteiger partial charge on any atom is -0.493 e. The summed E-state index contributed by atoms with van der Waals surface area (Å²) in [6.45, 7) is 5.53. The molecule has 1 aliphatic rings. The predicted octanol–water partition coefficient (Wildman–Crippen LogP) is 3.08.